The molecule has 0 spiro atoms. The lowest BCUT2D eigenvalue weighted by molar-refractivity contribution is 0.0664. The number of aromatic amines is 1. The number of carbonyl (C=O) groups excluding carboxylic acids is 2. The number of aromatic nitrogens is 4. The molecule has 1 saturated heterocycles. The molecule has 9 heteroatoms. The Morgan fingerprint density at radius 3 is 2.54 bits per heavy atom. The topological polar surface area (TPSA) is 98.3 Å². The van der Waals surface area contributed by atoms with E-state index in [2.05, 4.69) is 20.2 Å². The molecule has 1 N–H and O–H groups in total. The van der Waals surface area contributed by atoms with Crippen molar-refractivity contribution in [2.45, 2.75) is 33.2 Å². The summed E-state index contributed by atoms with van der Waals surface area (Å²) in [6.07, 6.45) is 3.91. The zero-order valence-electron chi connectivity index (χ0n) is 16.6. The maximum atomic E-state index is 13.2. The van der Waals surface area contributed by atoms with Crippen molar-refractivity contribution in [2.75, 3.05) is 32.7 Å². The molecule has 0 aromatic carbocycles. The van der Waals surface area contributed by atoms with Crippen molar-refractivity contribution in [1.82, 2.24) is 34.9 Å². The minimum absolute atomic E-state index is 0.0135. The van der Waals surface area contributed by atoms with Crippen molar-refractivity contribution in [3.8, 4) is 0 Å². The van der Waals surface area contributed by atoms with Crippen molar-refractivity contribution in [3.63, 3.8) is 0 Å². The summed E-state index contributed by atoms with van der Waals surface area (Å²) in [6.45, 7) is 8.54. The van der Waals surface area contributed by atoms with Crippen LogP contribution >= 0.6 is 0 Å². The Bertz CT molecular complexity index is 804. The molecular formula is C19H27N7O2. The van der Waals surface area contributed by atoms with Gasteiger partial charge in [0, 0.05) is 44.1 Å². The van der Waals surface area contributed by atoms with Gasteiger partial charge in [-0.2, -0.15) is 5.10 Å². The number of urea groups is 1. The van der Waals surface area contributed by atoms with Gasteiger partial charge in [0.2, 0.25) is 0 Å². The number of aryl methyl sites for hydroxylation is 1. The highest BCUT2D eigenvalue weighted by Crippen LogP contribution is 2.25. The summed E-state index contributed by atoms with van der Waals surface area (Å²) >= 11 is 0. The summed E-state index contributed by atoms with van der Waals surface area (Å²) < 4.78 is 0. The van der Waals surface area contributed by atoms with Crippen LogP contribution in [0.25, 0.3) is 0 Å². The Labute approximate surface area is 164 Å². The Balaban J connectivity index is 1.91. The Hall–Kier alpha value is -2.97. The standard InChI is InChI=1S/C19H27N7O2/c1-4-24(5-2)19(28)25-11-6-12-26(18(27)15-7-9-20-10-8-15)16(13-25)17-21-14(3)22-23-17/h7-10,16H,4-6,11-13H2,1-3H3,(H,21,22,23). The molecule has 28 heavy (non-hydrogen) atoms. The van der Waals surface area contributed by atoms with Crippen LogP contribution in [0, 0.1) is 6.92 Å². The second-order valence-corrected chi connectivity index (χ2v) is 6.78. The number of nitrogens with one attached hydrogen (secondary N) is 1. The third kappa shape index (κ3) is 4.13. The third-order valence-corrected chi connectivity index (χ3v) is 5.00. The van der Waals surface area contributed by atoms with Crippen LogP contribution in [-0.4, -0.2) is 79.5 Å². The van der Waals surface area contributed by atoms with Crippen LogP contribution in [0.4, 0.5) is 4.79 Å². The predicted octanol–water partition coefficient (Wildman–Crippen LogP) is 1.86. The van der Waals surface area contributed by atoms with Gasteiger partial charge in [0.25, 0.3) is 5.91 Å². The van der Waals surface area contributed by atoms with Gasteiger partial charge in [0.1, 0.15) is 11.9 Å². The van der Waals surface area contributed by atoms with Gasteiger partial charge in [-0.05, 0) is 39.3 Å². The lowest BCUT2D eigenvalue weighted by Gasteiger charge is -2.32. The average Bonchev–Trinajstić information content (AvgIpc) is 3.03. The van der Waals surface area contributed by atoms with E-state index in [9.17, 15) is 9.59 Å². The fourth-order valence-corrected chi connectivity index (χ4v) is 3.49. The number of hydrogen-bond acceptors (Lipinski definition) is 5. The van der Waals surface area contributed by atoms with Crippen molar-refractivity contribution in [3.05, 3.63) is 41.7 Å². The van der Waals surface area contributed by atoms with Gasteiger partial charge >= 0.3 is 6.03 Å². The highest BCUT2D eigenvalue weighted by atomic mass is 16.2. The van der Waals surface area contributed by atoms with Crippen molar-refractivity contribution in [1.29, 1.82) is 0 Å². The quantitative estimate of drug-likeness (QED) is 0.866. The summed E-state index contributed by atoms with van der Waals surface area (Å²) in [5.41, 5.74) is 0.566. The second kappa shape index (κ2) is 8.81. The first-order valence-corrected chi connectivity index (χ1v) is 9.68. The molecule has 3 amide bonds. The molecule has 0 aliphatic carbocycles. The van der Waals surface area contributed by atoms with E-state index in [0.29, 0.717) is 56.4 Å². The number of rotatable bonds is 4. The van der Waals surface area contributed by atoms with E-state index in [4.69, 9.17) is 0 Å². The van der Waals surface area contributed by atoms with Crippen molar-refractivity contribution < 1.29 is 9.59 Å². The van der Waals surface area contributed by atoms with Crippen LogP contribution in [0.15, 0.2) is 24.5 Å². The molecule has 2 aromatic heterocycles. The van der Waals surface area contributed by atoms with Gasteiger partial charge in [-0.3, -0.25) is 14.9 Å². The highest BCUT2D eigenvalue weighted by molar-refractivity contribution is 5.94. The smallest absolute Gasteiger partial charge is 0.320 e. The van der Waals surface area contributed by atoms with Crippen LogP contribution in [0.3, 0.4) is 0 Å². The summed E-state index contributed by atoms with van der Waals surface area (Å²) in [5, 5.41) is 7.14. The molecule has 1 fully saturated rings. The molecule has 1 aliphatic heterocycles. The SMILES string of the molecule is CCN(CC)C(=O)N1CCCN(C(=O)c2ccncc2)C(c2n[nH]c(C)n2)C1. The highest BCUT2D eigenvalue weighted by Gasteiger charge is 2.35. The Morgan fingerprint density at radius 2 is 1.93 bits per heavy atom. The zero-order chi connectivity index (χ0) is 20.1. The first kappa shape index (κ1) is 19.8. The first-order valence-electron chi connectivity index (χ1n) is 9.68. The molecule has 9 nitrogen and oxygen atoms in total. The molecule has 150 valence electrons. The molecule has 2 aromatic rings. The lowest BCUT2D eigenvalue weighted by atomic mass is 10.1. The molecule has 0 bridgehead atoms. The van der Waals surface area contributed by atoms with Gasteiger partial charge in [-0.1, -0.05) is 0 Å². The number of pyridine rings is 1. The fourth-order valence-electron chi connectivity index (χ4n) is 3.49. The van der Waals surface area contributed by atoms with Crippen LogP contribution < -0.4 is 0 Å². The van der Waals surface area contributed by atoms with Gasteiger partial charge in [0.05, 0.1) is 6.54 Å². The minimum Gasteiger partial charge on any atom is -0.326 e. The number of carbonyl (C=O) groups is 2. The van der Waals surface area contributed by atoms with Crippen LogP contribution in [0.5, 0.6) is 0 Å². The Kier molecular flexibility index (Phi) is 6.23. The predicted molar refractivity (Wildman–Crippen MR) is 104 cm³/mol. The van der Waals surface area contributed by atoms with Crippen molar-refractivity contribution in [2.24, 2.45) is 0 Å². The molecule has 3 rings (SSSR count). The maximum Gasteiger partial charge on any atom is 0.320 e. The lowest BCUT2D eigenvalue weighted by Crippen LogP contribution is -2.46. The average molecular weight is 385 g/mol. The summed E-state index contributed by atoms with van der Waals surface area (Å²) in [6, 6.07) is 2.98. The van der Waals surface area contributed by atoms with E-state index in [0.717, 1.165) is 0 Å². The van der Waals surface area contributed by atoms with E-state index in [1.807, 2.05) is 25.7 Å². The molecular weight excluding hydrogens is 358 g/mol. The van der Waals surface area contributed by atoms with Gasteiger partial charge < -0.3 is 14.7 Å². The molecule has 1 aliphatic rings. The van der Waals surface area contributed by atoms with Crippen LogP contribution in [0.1, 0.15) is 48.3 Å². The van der Waals surface area contributed by atoms with Gasteiger partial charge in [0.15, 0.2) is 5.82 Å². The number of amides is 3. The maximum absolute atomic E-state index is 13.2. The largest absolute Gasteiger partial charge is 0.326 e. The second-order valence-electron chi connectivity index (χ2n) is 6.78. The first-order chi connectivity index (χ1) is 13.5. The van der Waals surface area contributed by atoms with E-state index in [-0.39, 0.29) is 11.9 Å². The van der Waals surface area contributed by atoms with E-state index >= 15 is 0 Å². The zero-order valence-corrected chi connectivity index (χ0v) is 16.6. The Morgan fingerprint density at radius 1 is 1.21 bits per heavy atom. The summed E-state index contributed by atoms with van der Waals surface area (Å²) in [7, 11) is 0. The van der Waals surface area contributed by atoms with Gasteiger partial charge in [-0.15, -0.1) is 0 Å². The summed E-state index contributed by atoms with van der Waals surface area (Å²) in [4.78, 5) is 39.9. The fraction of sp³-hybridized carbons (Fsp3) is 0.526. The molecule has 0 radical (unpaired) electrons. The monoisotopic (exact) mass is 385 g/mol. The van der Waals surface area contributed by atoms with E-state index < -0.39 is 6.04 Å². The third-order valence-electron chi connectivity index (χ3n) is 5.00. The number of hydrogen-bond donors (Lipinski definition) is 1. The number of H-pyrrole nitrogens is 1. The normalized spacial score (nSPS) is 17.3. The molecule has 0 saturated carbocycles. The molecule has 3 heterocycles. The van der Waals surface area contributed by atoms with Crippen LogP contribution in [0.2, 0.25) is 0 Å². The minimum atomic E-state index is -0.410. The van der Waals surface area contributed by atoms with Crippen molar-refractivity contribution >= 4 is 11.9 Å². The van der Waals surface area contributed by atoms with Crippen LogP contribution in [-0.2, 0) is 0 Å². The molecule has 1 unspecified atom stereocenters. The number of nitrogens with zero attached hydrogens (tertiary/aromatic N) is 6. The van der Waals surface area contributed by atoms with E-state index in [1.54, 1.807) is 34.3 Å². The van der Waals surface area contributed by atoms with E-state index in [1.165, 1.54) is 0 Å². The molecule has 1 atom stereocenters. The summed E-state index contributed by atoms with van der Waals surface area (Å²) in [5.74, 6) is 1.10. The van der Waals surface area contributed by atoms with Gasteiger partial charge in [-0.25, -0.2) is 9.78 Å².